The standard InChI is InChI=1S/C17H22N8O3/c26-15-9-14(23-27)20-17(21-15)19-12-8-13(16-22-18-11-25(16)10-12)28-7-3-6-24-4-1-2-5-24/h8-11,27H,1-7H2,(H3,19,20,21,23,26). The number of likely N-dealkylation sites (tertiary alicyclic amines) is 1. The Bertz CT molecular complexity index is 995. The summed E-state index contributed by atoms with van der Waals surface area (Å²) in [4.78, 5) is 20.7. The highest BCUT2D eigenvalue weighted by Crippen LogP contribution is 2.24. The molecule has 0 spiro atoms. The zero-order valence-corrected chi connectivity index (χ0v) is 15.3. The van der Waals surface area contributed by atoms with Crippen molar-refractivity contribution in [2.45, 2.75) is 19.3 Å². The van der Waals surface area contributed by atoms with E-state index in [9.17, 15) is 4.79 Å². The van der Waals surface area contributed by atoms with Crippen molar-refractivity contribution >= 4 is 23.1 Å². The lowest BCUT2D eigenvalue weighted by Gasteiger charge is -2.15. The predicted molar refractivity (Wildman–Crippen MR) is 102 cm³/mol. The first kappa shape index (κ1) is 18.2. The maximum absolute atomic E-state index is 11.6. The van der Waals surface area contributed by atoms with Crippen LogP contribution in [0, 0.1) is 0 Å². The van der Waals surface area contributed by atoms with Crippen LogP contribution in [-0.2, 0) is 0 Å². The van der Waals surface area contributed by atoms with Gasteiger partial charge in [0.1, 0.15) is 6.33 Å². The molecular weight excluding hydrogens is 364 g/mol. The fourth-order valence-electron chi connectivity index (χ4n) is 3.27. The Kier molecular flexibility index (Phi) is 5.35. The molecule has 0 atom stereocenters. The number of ether oxygens (including phenoxy) is 1. The van der Waals surface area contributed by atoms with E-state index in [0.717, 1.165) is 19.0 Å². The number of aromatic amines is 1. The Balaban J connectivity index is 1.48. The van der Waals surface area contributed by atoms with Crippen molar-refractivity contribution in [1.82, 2.24) is 29.5 Å². The van der Waals surface area contributed by atoms with Gasteiger partial charge < -0.3 is 15.0 Å². The smallest absolute Gasteiger partial charge is 0.254 e. The summed E-state index contributed by atoms with van der Waals surface area (Å²) in [6.45, 7) is 3.93. The Hall–Kier alpha value is -3.18. The molecule has 3 aromatic heterocycles. The highest BCUT2D eigenvalue weighted by molar-refractivity contribution is 5.63. The molecule has 1 aliphatic heterocycles. The summed E-state index contributed by atoms with van der Waals surface area (Å²) in [5.41, 5.74) is 2.69. The lowest BCUT2D eigenvalue weighted by molar-refractivity contribution is 0.264. The average Bonchev–Trinajstić information content (AvgIpc) is 3.36. The van der Waals surface area contributed by atoms with Gasteiger partial charge in [0.15, 0.2) is 11.6 Å². The molecule has 0 saturated carbocycles. The van der Waals surface area contributed by atoms with Crippen LogP contribution in [0.1, 0.15) is 19.3 Å². The molecule has 0 radical (unpaired) electrons. The quantitative estimate of drug-likeness (QED) is 0.333. The Morgan fingerprint density at radius 3 is 2.96 bits per heavy atom. The molecule has 0 unspecified atom stereocenters. The second kappa shape index (κ2) is 8.23. The third-order valence-electron chi connectivity index (χ3n) is 4.55. The molecule has 4 heterocycles. The van der Waals surface area contributed by atoms with Crippen LogP contribution in [0.15, 0.2) is 29.5 Å². The van der Waals surface area contributed by atoms with Crippen LogP contribution in [0.4, 0.5) is 17.5 Å². The highest BCUT2D eigenvalue weighted by Gasteiger charge is 2.12. The number of anilines is 3. The van der Waals surface area contributed by atoms with Gasteiger partial charge in [-0.2, -0.15) is 4.98 Å². The van der Waals surface area contributed by atoms with Gasteiger partial charge in [-0.1, -0.05) is 0 Å². The number of pyridine rings is 1. The van der Waals surface area contributed by atoms with Gasteiger partial charge in [-0.05, 0) is 32.4 Å². The first-order chi connectivity index (χ1) is 13.7. The first-order valence-electron chi connectivity index (χ1n) is 9.18. The number of rotatable bonds is 8. The van der Waals surface area contributed by atoms with E-state index in [2.05, 4.69) is 30.4 Å². The van der Waals surface area contributed by atoms with Crippen LogP contribution in [0.3, 0.4) is 0 Å². The molecule has 1 saturated heterocycles. The van der Waals surface area contributed by atoms with Crippen molar-refractivity contribution < 1.29 is 9.94 Å². The molecule has 148 valence electrons. The van der Waals surface area contributed by atoms with Gasteiger partial charge >= 0.3 is 0 Å². The summed E-state index contributed by atoms with van der Waals surface area (Å²) >= 11 is 0. The van der Waals surface area contributed by atoms with Gasteiger partial charge in [-0.15, -0.1) is 10.2 Å². The lowest BCUT2D eigenvalue weighted by Crippen LogP contribution is -2.22. The Labute approximate surface area is 160 Å². The number of aromatic nitrogens is 5. The van der Waals surface area contributed by atoms with E-state index in [0.29, 0.717) is 23.7 Å². The molecule has 0 aliphatic carbocycles. The minimum Gasteiger partial charge on any atom is -0.489 e. The first-order valence-corrected chi connectivity index (χ1v) is 9.18. The van der Waals surface area contributed by atoms with Gasteiger partial charge in [-0.25, -0.2) is 0 Å². The van der Waals surface area contributed by atoms with Crippen molar-refractivity contribution in [3.63, 3.8) is 0 Å². The highest BCUT2D eigenvalue weighted by atomic mass is 16.5. The minimum absolute atomic E-state index is 0.0370. The summed E-state index contributed by atoms with van der Waals surface area (Å²) in [5.74, 6) is 0.800. The second-order valence-corrected chi connectivity index (χ2v) is 6.62. The maximum Gasteiger partial charge on any atom is 0.254 e. The van der Waals surface area contributed by atoms with Crippen molar-refractivity contribution in [3.8, 4) is 5.75 Å². The second-order valence-electron chi connectivity index (χ2n) is 6.62. The van der Waals surface area contributed by atoms with Crippen LogP contribution in [0.2, 0.25) is 0 Å². The lowest BCUT2D eigenvalue weighted by atomic mass is 10.3. The van der Waals surface area contributed by atoms with E-state index < -0.39 is 5.56 Å². The summed E-state index contributed by atoms with van der Waals surface area (Å²) in [6.07, 6.45) is 6.80. The summed E-state index contributed by atoms with van der Waals surface area (Å²) < 4.78 is 7.68. The van der Waals surface area contributed by atoms with Crippen LogP contribution in [-0.4, -0.2) is 60.9 Å². The molecule has 4 N–H and O–H groups in total. The number of hydrogen-bond acceptors (Lipinski definition) is 9. The zero-order valence-electron chi connectivity index (χ0n) is 15.3. The molecule has 11 nitrogen and oxygen atoms in total. The number of fused-ring (bicyclic) bond motifs is 1. The summed E-state index contributed by atoms with van der Waals surface area (Å²) in [6, 6.07) is 2.92. The molecule has 0 bridgehead atoms. The third kappa shape index (κ3) is 4.21. The molecule has 0 aromatic carbocycles. The van der Waals surface area contributed by atoms with Crippen molar-refractivity contribution in [2.75, 3.05) is 37.0 Å². The topological polar surface area (TPSA) is 133 Å². The Morgan fingerprint density at radius 2 is 2.14 bits per heavy atom. The fourth-order valence-corrected chi connectivity index (χ4v) is 3.27. The summed E-state index contributed by atoms with van der Waals surface area (Å²) in [5, 5.41) is 20.0. The van der Waals surface area contributed by atoms with E-state index in [-0.39, 0.29) is 11.8 Å². The SMILES string of the molecule is O=c1cc(NO)nc(Nc2cc(OCCCN3CCCC3)c3nncn3c2)[nH]1. The van der Waals surface area contributed by atoms with E-state index in [1.165, 1.54) is 25.9 Å². The number of nitrogens with zero attached hydrogens (tertiary/aromatic N) is 5. The zero-order chi connectivity index (χ0) is 19.3. The molecule has 11 heteroatoms. The van der Waals surface area contributed by atoms with E-state index in [1.807, 2.05) is 5.48 Å². The maximum atomic E-state index is 11.6. The Morgan fingerprint density at radius 1 is 1.29 bits per heavy atom. The molecule has 1 aliphatic rings. The normalized spacial score (nSPS) is 14.5. The molecule has 0 amide bonds. The molecule has 28 heavy (non-hydrogen) atoms. The van der Waals surface area contributed by atoms with Gasteiger partial charge in [0.25, 0.3) is 5.56 Å². The van der Waals surface area contributed by atoms with Gasteiger partial charge in [0.05, 0.1) is 12.3 Å². The van der Waals surface area contributed by atoms with Crippen molar-refractivity contribution in [2.24, 2.45) is 0 Å². The van der Waals surface area contributed by atoms with Crippen molar-refractivity contribution in [3.05, 3.63) is 35.0 Å². The number of H-pyrrole nitrogens is 1. The summed E-state index contributed by atoms with van der Waals surface area (Å²) in [7, 11) is 0. The van der Waals surface area contributed by atoms with Crippen LogP contribution in [0.25, 0.3) is 5.65 Å². The monoisotopic (exact) mass is 386 g/mol. The van der Waals surface area contributed by atoms with E-state index in [4.69, 9.17) is 9.94 Å². The number of hydrogen-bond donors (Lipinski definition) is 4. The van der Waals surface area contributed by atoms with E-state index >= 15 is 0 Å². The largest absolute Gasteiger partial charge is 0.489 e. The molecule has 3 aromatic rings. The van der Waals surface area contributed by atoms with Crippen LogP contribution < -0.4 is 21.1 Å². The van der Waals surface area contributed by atoms with E-state index in [1.54, 1.807) is 23.0 Å². The number of nitrogens with one attached hydrogen (secondary N) is 3. The minimum atomic E-state index is -0.405. The van der Waals surface area contributed by atoms with Gasteiger partial charge in [0.2, 0.25) is 11.6 Å². The van der Waals surface area contributed by atoms with Gasteiger partial charge in [-0.3, -0.25) is 24.9 Å². The van der Waals surface area contributed by atoms with Crippen LogP contribution in [0.5, 0.6) is 5.75 Å². The third-order valence-corrected chi connectivity index (χ3v) is 4.55. The van der Waals surface area contributed by atoms with Gasteiger partial charge in [0, 0.05) is 24.9 Å². The molecule has 4 rings (SSSR count). The molecule has 1 fully saturated rings. The molecular formula is C17H22N8O3. The predicted octanol–water partition coefficient (Wildman–Crippen LogP) is 1.22. The fraction of sp³-hybridized carbons (Fsp3) is 0.412. The average molecular weight is 386 g/mol. The van der Waals surface area contributed by atoms with Crippen LogP contribution >= 0.6 is 0 Å². The van der Waals surface area contributed by atoms with Crippen molar-refractivity contribution in [1.29, 1.82) is 0 Å².